The third kappa shape index (κ3) is 6.70. The van der Waals surface area contributed by atoms with Gasteiger partial charge in [-0.3, -0.25) is 9.59 Å². The molecule has 2 N–H and O–H groups in total. The molecule has 2 aromatic heterocycles. The number of thiazole rings is 1. The maximum Gasteiger partial charge on any atom is 0.408 e. The van der Waals surface area contributed by atoms with Gasteiger partial charge in [-0.15, -0.1) is 11.3 Å². The molecular weight excluding hydrogens is 581 g/mol. The Labute approximate surface area is 231 Å². The van der Waals surface area contributed by atoms with E-state index >= 15 is 0 Å². The fourth-order valence-electron chi connectivity index (χ4n) is 4.62. The smallest absolute Gasteiger partial charge is 0.359 e. The van der Waals surface area contributed by atoms with Crippen LogP contribution in [0.3, 0.4) is 0 Å². The van der Waals surface area contributed by atoms with Gasteiger partial charge in [0.05, 0.1) is 16.4 Å². The first-order valence-corrected chi connectivity index (χ1v) is 15.2. The van der Waals surface area contributed by atoms with Gasteiger partial charge in [0.2, 0.25) is 0 Å². The van der Waals surface area contributed by atoms with Gasteiger partial charge in [0.1, 0.15) is 27.4 Å². The van der Waals surface area contributed by atoms with Crippen LogP contribution in [0.15, 0.2) is 12.3 Å². The topological polar surface area (TPSA) is 121 Å². The summed E-state index contributed by atoms with van der Waals surface area (Å²) in [6.45, 7) is 3.06. The summed E-state index contributed by atoms with van der Waals surface area (Å²) in [6, 6.07) is -1.86. The number of hydrogen-bond acceptors (Lipinski definition) is 8. The molecule has 2 amide bonds. The van der Waals surface area contributed by atoms with Crippen molar-refractivity contribution in [3.8, 4) is 10.4 Å². The van der Waals surface area contributed by atoms with Crippen LogP contribution in [0.2, 0.25) is 0 Å². The highest BCUT2D eigenvalue weighted by Gasteiger charge is 2.37. The summed E-state index contributed by atoms with van der Waals surface area (Å²) < 4.78 is 90.7. The van der Waals surface area contributed by atoms with Crippen molar-refractivity contribution in [2.24, 2.45) is 0 Å². The molecule has 0 radical (unpaired) electrons. The van der Waals surface area contributed by atoms with Gasteiger partial charge in [0.25, 0.3) is 18.2 Å². The Morgan fingerprint density at radius 3 is 2.42 bits per heavy atom. The van der Waals surface area contributed by atoms with Crippen LogP contribution in [0.25, 0.3) is 10.4 Å². The number of likely N-dealkylation sites (tertiary alicyclic amines) is 1. The van der Waals surface area contributed by atoms with E-state index in [1.165, 1.54) is 4.90 Å². The van der Waals surface area contributed by atoms with E-state index in [-0.39, 0.29) is 51.5 Å². The standard InChI is InChI=1S/C24H28F5N5O4S2/c1-12-4-3-7-34(12)23(36)18-19(39-22(33-18)21(35)32-14-5-8-40(37,38)9-6-14)16-11-30-17(10-15(16)20(25)26)31-13(2)24(27,28)29/h10-14,20H,3-9H2,1-2H3,(H,30,31)(H,32,35)/t12-,13?/m0/s1. The summed E-state index contributed by atoms with van der Waals surface area (Å²) in [5.41, 5.74) is -1.14. The number of halogens is 5. The molecule has 2 atom stereocenters. The van der Waals surface area contributed by atoms with Gasteiger partial charge in [-0.25, -0.2) is 27.2 Å². The molecule has 4 rings (SSSR count). The number of nitrogens with zero attached hydrogens (tertiary/aromatic N) is 3. The Bertz CT molecular complexity index is 1370. The zero-order valence-corrected chi connectivity index (χ0v) is 23.2. The van der Waals surface area contributed by atoms with Gasteiger partial charge in [0.15, 0.2) is 5.01 Å². The number of anilines is 1. The van der Waals surface area contributed by atoms with Crippen LogP contribution in [-0.2, 0) is 9.84 Å². The average molecular weight is 610 g/mol. The molecule has 16 heteroatoms. The third-order valence-corrected chi connectivity index (χ3v) is 9.80. The molecule has 0 spiro atoms. The molecule has 1 unspecified atom stereocenters. The molecular formula is C24H28F5N5O4S2. The highest BCUT2D eigenvalue weighted by Crippen LogP contribution is 2.39. The maximum absolute atomic E-state index is 14.2. The summed E-state index contributed by atoms with van der Waals surface area (Å²) in [5, 5.41) is 4.57. The number of alkyl halides is 5. The lowest BCUT2D eigenvalue weighted by Gasteiger charge is -2.22. The first kappa shape index (κ1) is 30.1. The summed E-state index contributed by atoms with van der Waals surface area (Å²) in [7, 11) is -3.17. The highest BCUT2D eigenvalue weighted by molar-refractivity contribution is 7.91. The van der Waals surface area contributed by atoms with Gasteiger partial charge < -0.3 is 15.5 Å². The number of nitrogens with one attached hydrogen (secondary N) is 2. The van der Waals surface area contributed by atoms with Crippen molar-refractivity contribution >= 4 is 38.8 Å². The zero-order chi connectivity index (χ0) is 29.4. The molecule has 40 heavy (non-hydrogen) atoms. The van der Waals surface area contributed by atoms with Gasteiger partial charge in [-0.1, -0.05) is 0 Å². The zero-order valence-electron chi connectivity index (χ0n) is 21.6. The molecule has 2 aliphatic rings. The van der Waals surface area contributed by atoms with Crippen molar-refractivity contribution < 1.29 is 40.0 Å². The molecule has 0 bridgehead atoms. The highest BCUT2D eigenvalue weighted by atomic mass is 32.2. The Hall–Kier alpha value is -2.88. The second-order valence-corrected chi connectivity index (χ2v) is 13.3. The SMILES string of the molecule is CC(Nc1cc(C(F)F)c(-c2sc(C(=O)NC3CCS(=O)(=O)CC3)nc2C(=O)N2CCC[C@@H]2C)cn1)C(F)(F)F. The molecule has 2 aromatic rings. The summed E-state index contributed by atoms with van der Waals surface area (Å²) in [5.74, 6) is -1.86. The van der Waals surface area contributed by atoms with Crippen LogP contribution < -0.4 is 10.6 Å². The summed E-state index contributed by atoms with van der Waals surface area (Å²) in [6.07, 6.45) is -4.98. The van der Waals surface area contributed by atoms with Gasteiger partial charge >= 0.3 is 6.18 Å². The van der Waals surface area contributed by atoms with Crippen molar-refractivity contribution in [1.29, 1.82) is 0 Å². The average Bonchev–Trinajstić information content (AvgIpc) is 3.51. The van der Waals surface area contributed by atoms with Gasteiger partial charge in [-0.05, 0) is 45.6 Å². The van der Waals surface area contributed by atoms with E-state index in [1.807, 2.05) is 6.92 Å². The molecule has 4 heterocycles. The van der Waals surface area contributed by atoms with Crippen LogP contribution in [0.5, 0.6) is 0 Å². The molecule has 9 nitrogen and oxygen atoms in total. The maximum atomic E-state index is 14.2. The van der Waals surface area contributed by atoms with E-state index < -0.39 is 57.7 Å². The molecule has 0 aromatic carbocycles. The first-order valence-electron chi connectivity index (χ1n) is 12.6. The molecule has 2 saturated heterocycles. The van der Waals surface area contributed by atoms with Gasteiger partial charge in [-0.2, -0.15) is 13.2 Å². The Balaban J connectivity index is 1.71. The van der Waals surface area contributed by atoms with E-state index in [2.05, 4.69) is 20.6 Å². The van der Waals surface area contributed by atoms with Crippen LogP contribution in [-0.4, -0.2) is 77.5 Å². The number of aromatic nitrogens is 2. The molecule has 0 saturated carbocycles. The fourth-order valence-corrected chi connectivity index (χ4v) is 7.10. The van der Waals surface area contributed by atoms with Crippen LogP contribution in [0.1, 0.15) is 71.8 Å². The Morgan fingerprint density at radius 2 is 1.85 bits per heavy atom. The molecule has 2 aliphatic heterocycles. The molecule has 0 aliphatic carbocycles. The first-order chi connectivity index (χ1) is 18.7. The minimum Gasteiger partial charge on any atom is -0.359 e. The number of carbonyl (C=O) groups is 2. The quantitative estimate of drug-likeness (QED) is 0.446. The van der Waals surface area contributed by atoms with E-state index in [9.17, 15) is 40.0 Å². The number of carbonyl (C=O) groups excluding carboxylic acids is 2. The van der Waals surface area contributed by atoms with Crippen molar-refractivity contribution in [3.63, 3.8) is 0 Å². The largest absolute Gasteiger partial charge is 0.408 e. The monoisotopic (exact) mass is 609 g/mol. The lowest BCUT2D eigenvalue weighted by atomic mass is 10.1. The predicted molar refractivity (Wildman–Crippen MR) is 138 cm³/mol. The number of rotatable bonds is 7. The lowest BCUT2D eigenvalue weighted by Crippen LogP contribution is -2.40. The Kier molecular flexibility index (Phi) is 8.68. The number of amides is 2. The second kappa shape index (κ2) is 11.5. The van der Waals surface area contributed by atoms with Crippen molar-refractivity contribution in [2.75, 3.05) is 23.4 Å². The summed E-state index contributed by atoms with van der Waals surface area (Å²) in [4.78, 5) is 36.1. The van der Waals surface area contributed by atoms with E-state index in [0.29, 0.717) is 17.9 Å². The minimum atomic E-state index is -4.64. The van der Waals surface area contributed by atoms with Crippen molar-refractivity contribution in [3.05, 3.63) is 28.5 Å². The number of hydrogen-bond donors (Lipinski definition) is 2. The van der Waals surface area contributed by atoms with Crippen molar-refractivity contribution in [2.45, 2.75) is 70.3 Å². The van der Waals surface area contributed by atoms with Crippen LogP contribution in [0.4, 0.5) is 27.8 Å². The van der Waals surface area contributed by atoms with E-state index in [4.69, 9.17) is 0 Å². The van der Waals surface area contributed by atoms with Gasteiger partial charge in [0, 0.05) is 36.0 Å². The third-order valence-electron chi connectivity index (χ3n) is 7.00. The van der Waals surface area contributed by atoms with E-state index in [1.54, 1.807) is 0 Å². The minimum absolute atomic E-state index is 0.0568. The van der Waals surface area contributed by atoms with Crippen LogP contribution in [0, 0.1) is 0 Å². The Morgan fingerprint density at radius 1 is 1.18 bits per heavy atom. The van der Waals surface area contributed by atoms with E-state index in [0.717, 1.165) is 32.0 Å². The van der Waals surface area contributed by atoms with Crippen molar-refractivity contribution in [1.82, 2.24) is 20.2 Å². The predicted octanol–water partition coefficient (Wildman–Crippen LogP) is 4.44. The molecule has 220 valence electrons. The summed E-state index contributed by atoms with van der Waals surface area (Å²) >= 11 is 0.690. The fraction of sp³-hybridized carbons (Fsp3) is 0.583. The number of pyridine rings is 1. The second-order valence-electron chi connectivity index (χ2n) is 9.95. The van der Waals surface area contributed by atoms with Crippen LogP contribution >= 0.6 is 11.3 Å². The number of sulfone groups is 1. The molecule has 2 fully saturated rings. The lowest BCUT2D eigenvalue weighted by molar-refractivity contribution is -0.138. The normalized spacial score (nSPS) is 20.5.